The molecule has 0 saturated carbocycles. The van der Waals surface area contributed by atoms with Crippen LogP contribution in [0.2, 0.25) is 0 Å². The zero-order valence-corrected chi connectivity index (χ0v) is 10.6. The Balaban J connectivity index is 1.75. The minimum Gasteiger partial charge on any atom is -0.454 e. The first-order chi connectivity index (χ1) is 9.76. The SMILES string of the molecule is NCc1ccc(C(=O)Nc2ccc3c(c2)OCO3)nc1. The molecule has 2 heterocycles. The number of nitrogens with zero attached hydrogens (tertiary/aromatic N) is 1. The van der Waals surface area contributed by atoms with Gasteiger partial charge in [0.1, 0.15) is 5.69 Å². The number of pyridine rings is 1. The predicted molar refractivity (Wildman–Crippen MR) is 72.6 cm³/mol. The number of hydrogen-bond acceptors (Lipinski definition) is 5. The van der Waals surface area contributed by atoms with Gasteiger partial charge in [-0.2, -0.15) is 0 Å². The summed E-state index contributed by atoms with van der Waals surface area (Å²) in [7, 11) is 0. The zero-order chi connectivity index (χ0) is 13.9. The van der Waals surface area contributed by atoms with Crippen LogP contribution < -0.4 is 20.5 Å². The first-order valence-electron chi connectivity index (χ1n) is 6.12. The average molecular weight is 271 g/mol. The number of carbonyl (C=O) groups is 1. The maximum Gasteiger partial charge on any atom is 0.274 e. The van der Waals surface area contributed by atoms with E-state index in [-0.39, 0.29) is 12.7 Å². The summed E-state index contributed by atoms with van der Waals surface area (Å²) in [6.45, 7) is 0.603. The van der Waals surface area contributed by atoms with Crippen LogP contribution in [-0.4, -0.2) is 17.7 Å². The number of amides is 1. The Morgan fingerprint density at radius 1 is 1.25 bits per heavy atom. The van der Waals surface area contributed by atoms with Gasteiger partial charge in [0.2, 0.25) is 6.79 Å². The third-order valence-electron chi connectivity index (χ3n) is 2.92. The molecule has 0 aliphatic carbocycles. The first-order valence-corrected chi connectivity index (χ1v) is 6.12. The largest absolute Gasteiger partial charge is 0.454 e. The van der Waals surface area contributed by atoms with Crippen LogP contribution in [0.1, 0.15) is 16.1 Å². The van der Waals surface area contributed by atoms with Gasteiger partial charge in [-0.25, -0.2) is 0 Å². The highest BCUT2D eigenvalue weighted by molar-refractivity contribution is 6.03. The van der Waals surface area contributed by atoms with Crippen molar-refractivity contribution in [1.82, 2.24) is 4.98 Å². The van der Waals surface area contributed by atoms with Crippen LogP contribution in [0.4, 0.5) is 5.69 Å². The van der Waals surface area contributed by atoms with Gasteiger partial charge in [-0.1, -0.05) is 6.07 Å². The molecule has 3 N–H and O–H groups in total. The van der Waals surface area contributed by atoms with Crippen molar-refractivity contribution in [3.63, 3.8) is 0 Å². The normalized spacial score (nSPS) is 12.2. The Kier molecular flexibility index (Phi) is 3.22. The molecule has 1 amide bonds. The quantitative estimate of drug-likeness (QED) is 0.883. The number of hydrogen-bond donors (Lipinski definition) is 2. The molecule has 6 heteroatoms. The van der Waals surface area contributed by atoms with Crippen LogP contribution in [0.15, 0.2) is 36.5 Å². The molecule has 0 bridgehead atoms. The van der Waals surface area contributed by atoms with Crippen molar-refractivity contribution in [2.75, 3.05) is 12.1 Å². The molecule has 0 spiro atoms. The highest BCUT2D eigenvalue weighted by Crippen LogP contribution is 2.34. The lowest BCUT2D eigenvalue weighted by atomic mass is 10.2. The molecular weight excluding hydrogens is 258 g/mol. The highest BCUT2D eigenvalue weighted by atomic mass is 16.7. The van der Waals surface area contributed by atoms with Crippen LogP contribution >= 0.6 is 0 Å². The smallest absolute Gasteiger partial charge is 0.274 e. The second-order valence-corrected chi connectivity index (χ2v) is 4.28. The van der Waals surface area contributed by atoms with Crippen molar-refractivity contribution in [2.24, 2.45) is 5.73 Å². The zero-order valence-electron chi connectivity index (χ0n) is 10.6. The van der Waals surface area contributed by atoms with Gasteiger partial charge in [-0.3, -0.25) is 9.78 Å². The number of carbonyl (C=O) groups excluding carboxylic acids is 1. The molecule has 20 heavy (non-hydrogen) atoms. The lowest BCUT2D eigenvalue weighted by Gasteiger charge is -2.06. The van der Waals surface area contributed by atoms with Crippen molar-refractivity contribution in [3.05, 3.63) is 47.8 Å². The number of benzene rings is 1. The van der Waals surface area contributed by atoms with Crippen molar-refractivity contribution in [3.8, 4) is 11.5 Å². The third-order valence-corrected chi connectivity index (χ3v) is 2.92. The molecule has 1 aliphatic heterocycles. The fourth-order valence-corrected chi connectivity index (χ4v) is 1.85. The number of anilines is 1. The minimum absolute atomic E-state index is 0.203. The van der Waals surface area contributed by atoms with Crippen molar-refractivity contribution < 1.29 is 14.3 Å². The fraction of sp³-hybridized carbons (Fsp3) is 0.143. The average Bonchev–Trinajstić information content (AvgIpc) is 2.95. The van der Waals surface area contributed by atoms with Crippen LogP contribution in [-0.2, 0) is 6.54 Å². The second-order valence-electron chi connectivity index (χ2n) is 4.28. The molecule has 3 rings (SSSR count). The maximum atomic E-state index is 12.0. The van der Waals surface area contributed by atoms with E-state index in [9.17, 15) is 4.79 Å². The Morgan fingerprint density at radius 2 is 2.10 bits per heavy atom. The second kappa shape index (κ2) is 5.18. The minimum atomic E-state index is -0.285. The van der Waals surface area contributed by atoms with E-state index >= 15 is 0 Å². The van der Waals surface area contributed by atoms with Gasteiger partial charge in [-0.05, 0) is 23.8 Å². The molecule has 6 nitrogen and oxygen atoms in total. The molecule has 102 valence electrons. The summed E-state index contributed by atoms with van der Waals surface area (Å²) in [4.78, 5) is 16.1. The van der Waals surface area contributed by atoms with E-state index in [0.717, 1.165) is 5.56 Å². The summed E-state index contributed by atoms with van der Waals surface area (Å²) in [6.07, 6.45) is 1.59. The van der Waals surface area contributed by atoms with Crippen LogP contribution in [0.25, 0.3) is 0 Å². The van der Waals surface area contributed by atoms with Gasteiger partial charge in [0.15, 0.2) is 11.5 Å². The molecule has 1 aliphatic rings. The molecule has 1 aromatic carbocycles. The van der Waals surface area contributed by atoms with E-state index < -0.39 is 0 Å². The monoisotopic (exact) mass is 271 g/mol. The molecule has 0 radical (unpaired) electrons. The van der Waals surface area contributed by atoms with Gasteiger partial charge < -0.3 is 20.5 Å². The van der Waals surface area contributed by atoms with Crippen LogP contribution in [0.3, 0.4) is 0 Å². The van der Waals surface area contributed by atoms with E-state index in [1.54, 1.807) is 36.5 Å². The van der Waals surface area contributed by atoms with Crippen molar-refractivity contribution in [2.45, 2.75) is 6.54 Å². The Labute approximate surface area is 115 Å². The number of aromatic nitrogens is 1. The van der Waals surface area contributed by atoms with E-state index in [1.807, 2.05) is 0 Å². The molecule has 0 unspecified atom stereocenters. The Morgan fingerprint density at radius 3 is 2.85 bits per heavy atom. The fourth-order valence-electron chi connectivity index (χ4n) is 1.85. The van der Waals surface area contributed by atoms with E-state index in [4.69, 9.17) is 15.2 Å². The van der Waals surface area contributed by atoms with Gasteiger partial charge in [0.25, 0.3) is 5.91 Å². The lowest BCUT2D eigenvalue weighted by molar-refractivity contribution is 0.102. The van der Waals surface area contributed by atoms with E-state index in [0.29, 0.717) is 29.4 Å². The van der Waals surface area contributed by atoms with Crippen LogP contribution in [0, 0.1) is 0 Å². The van der Waals surface area contributed by atoms with Gasteiger partial charge in [0, 0.05) is 24.5 Å². The number of ether oxygens (including phenoxy) is 2. The molecule has 2 aromatic rings. The standard InChI is InChI=1S/C14H13N3O3/c15-6-9-1-3-11(16-7-9)14(18)17-10-2-4-12-13(5-10)20-8-19-12/h1-5,7H,6,8,15H2,(H,17,18). The number of rotatable bonds is 3. The number of nitrogens with two attached hydrogens (primary N) is 1. The molecule has 0 saturated heterocycles. The molecule has 0 fully saturated rings. The lowest BCUT2D eigenvalue weighted by Crippen LogP contribution is -2.13. The molecular formula is C14H13N3O3. The molecule has 0 atom stereocenters. The molecule has 1 aromatic heterocycles. The summed E-state index contributed by atoms with van der Waals surface area (Å²) in [6, 6.07) is 8.64. The van der Waals surface area contributed by atoms with Crippen LogP contribution in [0.5, 0.6) is 11.5 Å². The predicted octanol–water partition coefficient (Wildman–Crippen LogP) is 1.52. The Hall–Kier alpha value is -2.60. The third kappa shape index (κ3) is 2.41. The Bertz CT molecular complexity index is 641. The maximum absolute atomic E-state index is 12.0. The van der Waals surface area contributed by atoms with Gasteiger partial charge in [0.05, 0.1) is 0 Å². The number of fused-ring (bicyclic) bond motifs is 1. The summed E-state index contributed by atoms with van der Waals surface area (Å²) in [5, 5.41) is 2.76. The summed E-state index contributed by atoms with van der Waals surface area (Å²) < 4.78 is 10.5. The summed E-state index contributed by atoms with van der Waals surface area (Å²) in [5.41, 5.74) is 7.33. The van der Waals surface area contributed by atoms with Gasteiger partial charge >= 0.3 is 0 Å². The summed E-state index contributed by atoms with van der Waals surface area (Å²) in [5.74, 6) is 1.01. The van der Waals surface area contributed by atoms with E-state index in [2.05, 4.69) is 10.3 Å². The highest BCUT2D eigenvalue weighted by Gasteiger charge is 2.14. The first kappa shape index (κ1) is 12.4. The van der Waals surface area contributed by atoms with Crippen molar-refractivity contribution >= 4 is 11.6 Å². The number of nitrogens with one attached hydrogen (secondary N) is 1. The van der Waals surface area contributed by atoms with Gasteiger partial charge in [-0.15, -0.1) is 0 Å². The van der Waals surface area contributed by atoms with E-state index in [1.165, 1.54) is 0 Å². The van der Waals surface area contributed by atoms with Crippen molar-refractivity contribution in [1.29, 1.82) is 0 Å². The topological polar surface area (TPSA) is 86.5 Å². The summed E-state index contributed by atoms with van der Waals surface area (Å²) >= 11 is 0.